The fraction of sp³-hybridized carbons (Fsp3) is 0.125. The van der Waals surface area contributed by atoms with Gasteiger partial charge < -0.3 is 19.8 Å². The van der Waals surface area contributed by atoms with Crippen molar-refractivity contribution in [3.63, 3.8) is 0 Å². The van der Waals surface area contributed by atoms with Crippen LogP contribution < -0.4 is 4.73 Å². The Kier molecular flexibility index (Phi) is 4.33. The van der Waals surface area contributed by atoms with E-state index in [1.54, 1.807) is 0 Å². The summed E-state index contributed by atoms with van der Waals surface area (Å²) in [6.07, 6.45) is -3.80. The number of benzene rings is 1. The minimum Gasteiger partial charge on any atom is -0.618 e. The van der Waals surface area contributed by atoms with Crippen LogP contribution >= 0.6 is 0 Å². The molecule has 1 aromatic carbocycles. The summed E-state index contributed by atoms with van der Waals surface area (Å²) in [4.78, 5) is 14.0. The molecule has 0 fully saturated rings. The molecule has 0 amide bonds. The van der Waals surface area contributed by atoms with Gasteiger partial charge in [-0.2, -0.15) is 17.9 Å². The molecule has 0 unspecified atom stereocenters. The first-order valence-corrected chi connectivity index (χ1v) is 7.47. The number of alkyl halides is 3. The third-order valence-electron chi connectivity index (χ3n) is 3.91. The van der Waals surface area contributed by atoms with Crippen LogP contribution in [0.25, 0.3) is 22.7 Å². The number of hydrogen-bond acceptors (Lipinski definition) is 7. The SMILES string of the molecule is Cc1c(-c2nc(-c3cc(O)c(O)c([N+](=O)[O-])c3)co2)ccc(C(F)(F)F)[n+]1[O-]. The number of hydrogen-bond donors (Lipinski definition) is 2. The summed E-state index contributed by atoms with van der Waals surface area (Å²) in [5.41, 5.74) is -2.52. The Morgan fingerprint density at radius 3 is 2.54 bits per heavy atom. The zero-order valence-corrected chi connectivity index (χ0v) is 13.9. The first kappa shape index (κ1) is 18.9. The number of phenols is 2. The molecule has 0 aliphatic rings. The van der Waals surface area contributed by atoms with Crippen LogP contribution in [0, 0.1) is 22.2 Å². The van der Waals surface area contributed by atoms with Crippen molar-refractivity contribution in [2.75, 3.05) is 0 Å². The minimum absolute atomic E-state index is 0.00912. The van der Waals surface area contributed by atoms with Crippen molar-refractivity contribution in [3.8, 4) is 34.2 Å². The van der Waals surface area contributed by atoms with Crippen LogP contribution in [0.3, 0.4) is 0 Å². The molecule has 0 aliphatic carbocycles. The Hall–Kier alpha value is -3.83. The molecular weight excluding hydrogens is 387 g/mol. The largest absolute Gasteiger partial charge is 0.618 e. The molecule has 0 bridgehead atoms. The van der Waals surface area contributed by atoms with Crippen molar-refractivity contribution < 1.29 is 37.5 Å². The van der Waals surface area contributed by atoms with Gasteiger partial charge in [-0.3, -0.25) is 10.1 Å². The summed E-state index contributed by atoms with van der Waals surface area (Å²) in [5, 5.41) is 42.0. The Labute approximate surface area is 153 Å². The molecular formula is C16H10F3N3O6. The molecule has 2 heterocycles. The normalized spacial score (nSPS) is 11.6. The van der Waals surface area contributed by atoms with Crippen molar-refractivity contribution >= 4 is 5.69 Å². The summed E-state index contributed by atoms with van der Waals surface area (Å²) in [6, 6.07) is 3.52. The van der Waals surface area contributed by atoms with E-state index in [0.717, 1.165) is 31.4 Å². The second-order valence-electron chi connectivity index (χ2n) is 5.67. The molecule has 2 aromatic heterocycles. The molecule has 2 N–H and O–H groups in total. The summed E-state index contributed by atoms with van der Waals surface area (Å²) in [7, 11) is 0. The molecule has 9 nitrogen and oxygen atoms in total. The fourth-order valence-corrected chi connectivity index (χ4v) is 2.50. The quantitative estimate of drug-likeness (QED) is 0.227. The Balaban J connectivity index is 2.07. The highest BCUT2D eigenvalue weighted by Crippen LogP contribution is 2.39. The van der Waals surface area contributed by atoms with E-state index in [-0.39, 0.29) is 33.1 Å². The van der Waals surface area contributed by atoms with E-state index in [2.05, 4.69) is 4.98 Å². The lowest BCUT2D eigenvalue weighted by atomic mass is 10.1. The molecule has 0 spiro atoms. The molecule has 146 valence electrons. The summed E-state index contributed by atoms with van der Waals surface area (Å²) in [5.74, 6) is -1.90. The van der Waals surface area contributed by atoms with E-state index in [1.165, 1.54) is 0 Å². The zero-order chi connectivity index (χ0) is 20.8. The molecule has 0 atom stereocenters. The van der Waals surface area contributed by atoms with Gasteiger partial charge in [0.25, 0.3) is 5.69 Å². The second-order valence-corrected chi connectivity index (χ2v) is 5.67. The van der Waals surface area contributed by atoms with Crippen molar-refractivity contribution in [1.29, 1.82) is 0 Å². The number of pyridine rings is 1. The minimum atomic E-state index is -4.84. The maximum atomic E-state index is 12.8. The van der Waals surface area contributed by atoms with Crippen LogP contribution in [0.1, 0.15) is 11.4 Å². The van der Waals surface area contributed by atoms with E-state index in [4.69, 9.17) is 4.42 Å². The van der Waals surface area contributed by atoms with Crippen LogP contribution in [0.15, 0.2) is 34.9 Å². The maximum Gasteiger partial charge on any atom is 0.478 e. The third kappa shape index (κ3) is 3.15. The molecule has 28 heavy (non-hydrogen) atoms. The Morgan fingerprint density at radius 1 is 1.25 bits per heavy atom. The summed E-state index contributed by atoms with van der Waals surface area (Å²) in [6.45, 7) is 1.15. The van der Waals surface area contributed by atoms with Crippen molar-refractivity contribution in [2.45, 2.75) is 13.1 Å². The van der Waals surface area contributed by atoms with Gasteiger partial charge in [-0.1, -0.05) is 0 Å². The average molecular weight is 397 g/mol. The number of oxazole rings is 1. The van der Waals surface area contributed by atoms with Crippen LogP contribution in [-0.4, -0.2) is 20.1 Å². The van der Waals surface area contributed by atoms with Gasteiger partial charge in [0.1, 0.15) is 17.5 Å². The van der Waals surface area contributed by atoms with Gasteiger partial charge in [-0.15, -0.1) is 0 Å². The lowest BCUT2D eigenvalue weighted by Gasteiger charge is -2.11. The Bertz CT molecular complexity index is 1090. The molecule has 0 aliphatic heterocycles. The maximum absolute atomic E-state index is 12.8. The van der Waals surface area contributed by atoms with E-state index < -0.39 is 34.0 Å². The molecule has 0 saturated heterocycles. The molecule has 12 heteroatoms. The highest BCUT2D eigenvalue weighted by molar-refractivity contribution is 5.71. The molecule has 0 saturated carbocycles. The third-order valence-corrected chi connectivity index (χ3v) is 3.91. The number of halogens is 3. The first-order valence-electron chi connectivity index (χ1n) is 7.47. The van der Waals surface area contributed by atoms with E-state index in [1.807, 2.05) is 0 Å². The van der Waals surface area contributed by atoms with Crippen LogP contribution in [-0.2, 0) is 6.18 Å². The standard InChI is InChI=1S/C16H10F3N3O6/c1-7-9(2-3-13(21(7)25)16(17,18)19)15-20-10(6-28-15)8-4-11(22(26)27)14(24)12(23)5-8/h2-6,23-24H,1H3. The molecule has 3 rings (SSSR count). The number of phenolic OH excluding ortho intramolecular Hbond substituents is 2. The summed E-state index contributed by atoms with van der Waals surface area (Å²) >= 11 is 0. The topological polar surface area (TPSA) is 137 Å². The number of nitro groups is 1. The van der Waals surface area contributed by atoms with Crippen LogP contribution in [0.5, 0.6) is 11.5 Å². The number of rotatable bonds is 3. The predicted molar refractivity (Wildman–Crippen MR) is 86.1 cm³/mol. The number of aromatic hydroxyl groups is 2. The zero-order valence-electron chi connectivity index (χ0n) is 13.9. The van der Waals surface area contributed by atoms with Crippen LogP contribution in [0.4, 0.5) is 18.9 Å². The van der Waals surface area contributed by atoms with E-state index in [0.29, 0.717) is 6.07 Å². The van der Waals surface area contributed by atoms with Gasteiger partial charge in [-0.25, -0.2) is 4.98 Å². The molecule has 0 radical (unpaired) electrons. The van der Waals surface area contributed by atoms with E-state index in [9.17, 15) is 38.7 Å². The van der Waals surface area contributed by atoms with Crippen molar-refractivity contribution in [3.05, 3.63) is 57.2 Å². The Morgan fingerprint density at radius 2 is 1.93 bits per heavy atom. The number of nitrogens with zero attached hydrogens (tertiary/aromatic N) is 3. The highest BCUT2D eigenvalue weighted by atomic mass is 19.4. The average Bonchev–Trinajstić information content (AvgIpc) is 3.07. The van der Waals surface area contributed by atoms with Gasteiger partial charge in [0.15, 0.2) is 5.75 Å². The summed E-state index contributed by atoms with van der Waals surface area (Å²) < 4.78 is 43.3. The monoisotopic (exact) mass is 397 g/mol. The lowest BCUT2D eigenvalue weighted by Crippen LogP contribution is -2.39. The smallest absolute Gasteiger partial charge is 0.478 e. The van der Waals surface area contributed by atoms with Crippen molar-refractivity contribution in [2.24, 2.45) is 0 Å². The van der Waals surface area contributed by atoms with Gasteiger partial charge in [0.2, 0.25) is 17.3 Å². The van der Waals surface area contributed by atoms with Gasteiger partial charge in [0.05, 0.1) is 4.92 Å². The number of aromatic nitrogens is 2. The fourth-order valence-electron chi connectivity index (χ4n) is 2.50. The van der Waals surface area contributed by atoms with Gasteiger partial charge >= 0.3 is 11.9 Å². The van der Waals surface area contributed by atoms with Crippen LogP contribution in [0.2, 0.25) is 0 Å². The predicted octanol–water partition coefficient (Wildman–Crippen LogP) is 3.29. The van der Waals surface area contributed by atoms with E-state index >= 15 is 0 Å². The van der Waals surface area contributed by atoms with Gasteiger partial charge in [-0.05, 0) is 12.1 Å². The number of nitro benzene ring substituents is 1. The second kappa shape index (κ2) is 6.40. The lowest BCUT2D eigenvalue weighted by molar-refractivity contribution is -0.635. The molecule has 3 aromatic rings. The van der Waals surface area contributed by atoms with Gasteiger partial charge in [0, 0.05) is 24.6 Å². The first-order chi connectivity index (χ1) is 13.0. The highest BCUT2D eigenvalue weighted by Gasteiger charge is 2.41. The van der Waals surface area contributed by atoms with Crippen molar-refractivity contribution in [1.82, 2.24) is 4.98 Å².